The molecule has 1 amide bonds. The predicted octanol–water partition coefficient (Wildman–Crippen LogP) is 2.94. The lowest BCUT2D eigenvalue weighted by Gasteiger charge is -2.44. The number of likely N-dealkylation sites (tertiary alicyclic amines) is 1. The van der Waals surface area contributed by atoms with Gasteiger partial charge in [0.05, 0.1) is 5.56 Å². The van der Waals surface area contributed by atoms with Crippen LogP contribution in [-0.2, 0) is 11.2 Å². The number of nitrogens with zero attached hydrogens (tertiary/aromatic N) is 1. The summed E-state index contributed by atoms with van der Waals surface area (Å²) in [5.74, 6) is -0.644. The number of amides is 1. The van der Waals surface area contributed by atoms with E-state index in [1.165, 1.54) is 11.6 Å². The molecule has 6 heteroatoms. The van der Waals surface area contributed by atoms with E-state index < -0.39 is 11.7 Å². The van der Waals surface area contributed by atoms with Crippen LogP contribution in [0.15, 0.2) is 54.6 Å². The zero-order valence-corrected chi connectivity index (χ0v) is 16.1. The number of fused-ring (bicyclic) bond motifs is 1. The molecule has 2 aromatic rings. The summed E-state index contributed by atoms with van der Waals surface area (Å²) in [5, 5.41) is 11.8. The van der Waals surface area contributed by atoms with E-state index in [1.54, 1.807) is 18.2 Å². The Hall–Kier alpha value is -3.12. The number of carboxylic acid groups (broad SMARTS) is 1. The number of rotatable bonds is 5. The van der Waals surface area contributed by atoms with Gasteiger partial charge in [-0.3, -0.25) is 4.79 Å². The lowest BCUT2D eigenvalue weighted by atomic mass is 9.96. The fraction of sp³-hybridized carbons (Fsp3) is 0.304. The molecule has 0 saturated carbocycles. The first kappa shape index (κ1) is 19.2. The number of carbonyl (C=O) groups excluding carboxylic acids is 1. The number of carbonyl (C=O) groups is 2. The van der Waals surface area contributed by atoms with Crippen LogP contribution in [0.3, 0.4) is 0 Å². The van der Waals surface area contributed by atoms with Gasteiger partial charge in [0.1, 0.15) is 5.75 Å². The Balaban J connectivity index is 1.39. The first-order valence-electron chi connectivity index (χ1n) is 9.86. The van der Waals surface area contributed by atoms with E-state index in [0.717, 1.165) is 45.0 Å². The Morgan fingerprint density at radius 2 is 1.93 bits per heavy atom. The molecule has 4 rings (SSSR count). The van der Waals surface area contributed by atoms with Gasteiger partial charge in [0.2, 0.25) is 0 Å². The monoisotopic (exact) mass is 392 g/mol. The molecule has 2 aromatic carbocycles. The molecule has 2 heterocycles. The molecule has 29 heavy (non-hydrogen) atoms. The summed E-state index contributed by atoms with van der Waals surface area (Å²) in [7, 11) is 0. The third-order valence-electron chi connectivity index (χ3n) is 5.54. The highest BCUT2D eigenvalue weighted by Crippen LogP contribution is 2.34. The van der Waals surface area contributed by atoms with Crippen molar-refractivity contribution in [2.75, 3.05) is 19.6 Å². The average Bonchev–Trinajstić information content (AvgIpc) is 2.73. The zero-order chi connectivity index (χ0) is 20.3. The van der Waals surface area contributed by atoms with E-state index in [0.29, 0.717) is 16.9 Å². The van der Waals surface area contributed by atoms with Crippen LogP contribution in [0, 0.1) is 0 Å². The molecule has 2 aliphatic rings. The van der Waals surface area contributed by atoms with Gasteiger partial charge < -0.3 is 20.1 Å². The molecular formula is C23H24N2O4. The summed E-state index contributed by atoms with van der Waals surface area (Å²) in [5.41, 5.74) is 1.76. The number of nitrogens with one attached hydrogen (secondary N) is 1. The maximum absolute atomic E-state index is 12.7. The second kappa shape index (κ2) is 8.09. The minimum absolute atomic E-state index is 0.172. The van der Waals surface area contributed by atoms with Crippen molar-refractivity contribution in [3.05, 3.63) is 71.3 Å². The summed E-state index contributed by atoms with van der Waals surface area (Å²) in [4.78, 5) is 25.8. The van der Waals surface area contributed by atoms with Gasteiger partial charge in [0.15, 0.2) is 5.72 Å². The highest BCUT2D eigenvalue weighted by Gasteiger charge is 2.42. The van der Waals surface area contributed by atoms with Crippen LogP contribution in [0.1, 0.15) is 34.3 Å². The largest absolute Gasteiger partial charge is 0.478 e. The summed E-state index contributed by atoms with van der Waals surface area (Å²) in [6.45, 7) is 2.72. The number of piperidine rings is 1. The average molecular weight is 392 g/mol. The molecule has 150 valence electrons. The van der Waals surface area contributed by atoms with Crippen LogP contribution in [0.25, 0.3) is 6.08 Å². The lowest BCUT2D eigenvalue weighted by Crippen LogP contribution is -2.61. The highest BCUT2D eigenvalue weighted by atomic mass is 16.5. The van der Waals surface area contributed by atoms with Crippen molar-refractivity contribution in [2.45, 2.75) is 25.0 Å². The molecule has 0 unspecified atom stereocenters. The van der Waals surface area contributed by atoms with E-state index >= 15 is 0 Å². The number of hydrogen-bond donors (Lipinski definition) is 2. The van der Waals surface area contributed by atoms with Crippen molar-refractivity contribution < 1.29 is 19.4 Å². The molecule has 2 aliphatic heterocycles. The Bertz CT molecular complexity index is 931. The van der Waals surface area contributed by atoms with Crippen molar-refractivity contribution >= 4 is 18.0 Å². The quantitative estimate of drug-likeness (QED) is 0.765. The van der Waals surface area contributed by atoms with E-state index in [4.69, 9.17) is 9.84 Å². The highest BCUT2D eigenvalue weighted by molar-refractivity contribution is 5.99. The van der Waals surface area contributed by atoms with E-state index in [-0.39, 0.29) is 5.91 Å². The fourth-order valence-electron chi connectivity index (χ4n) is 3.89. The van der Waals surface area contributed by atoms with Crippen LogP contribution < -0.4 is 10.1 Å². The first-order valence-corrected chi connectivity index (χ1v) is 9.86. The Labute approximate surface area is 169 Å². The molecule has 0 atom stereocenters. The third-order valence-corrected chi connectivity index (χ3v) is 5.54. The maximum Gasteiger partial charge on any atom is 0.328 e. The van der Waals surface area contributed by atoms with Gasteiger partial charge in [-0.1, -0.05) is 36.4 Å². The van der Waals surface area contributed by atoms with Crippen LogP contribution in [0.4, 0.5) is 0 Å². The van der Waals surface area contributed by atoms with Gasteiger partial charge >= 0.3 is 5.97 Å². The van der Waals surface area contributed by atoms with Gasteiger partial charge in [-0.25, -0.2) is 4.79 Å². The van der Waals surface area contributed by atoms with Crippen LogP contribution in [0.2, 0.25) is 0 Å². The molecule has 0 aliphatic carbocycles. The van der Waals surface area contributed by atoms with E-state index in [2.05, 4.69) is 34.5 Å². The Kier molecular flexibility index (Phi) is 5.36. The number of ether oxygens (including phenoxy) is 1. The predicted molar refractivity (Wildman–Crippen MR) is 110 cm³/mol. The molecule has 1 saturated heterocycles. The fourth-order valence-corrected chi connectivity index (χ4v) is 3.89. The second-order valence-electron chi connectivity index (χ2n) is 7.55. The molecule has 1 spiro atoms. The summed E-state index contributed by atoms with van der Waals surface area (Å²) in [6, 6.07) is 15.6. The molecule has 2 N–H and O–H groups in total. The topological polar surface area (TPSA) is 78.9 Å². The SMILES string of the molecule is O=C(O)/C=C/c1ccc2c(c1)C(=O)NC1(CCN(CCc3ccccc3)CC1)O2. The second-order valence-corrected chi connectivity index (χ2v) is 7.55. The number of carboxylic acids is 1. The van der Waals surface area contributed by atoms with Crippen molar-refractivity contribution in [3.8, 4) is 5.75 Å². The van der Waals surface area contributed by atoms with Gasteiger partial charge in [-0.05, 0) is 35.8 Å². The number of hydrogen-bond acceptors (Lipinski definition) is 4. The zero-order valence-electron chi connectivity index (χ0n) is 16.1. The van der Waals surface area contributed by atoms with Crippen molar-refractivity contribution in [3.63, 3.8) is 0 Å². The summed E-state index contributed by atoms with van der Waals surface area (Å²) >= 11 is 0. The summed E-state index contributed by atoms with van der Waals surface area (Å²) in [6.07, 6.45) is 4.99. The molecular weight excluding hydrogens is 368 g/mol. The van der Waals surface area contributed by atoms with E-state index in [1.807, 2.05) is 6.07 Å². The lowest BCUT2D eigenvalue weighted by molar-refractivity contribution is -0.131. The summed E-state index contributed by atoms with van der Waals surface area (Å²) < 4.78 is 6.22. The van der Waals surface area contributed by atoms with Crippen molar-refractivity contribution in [2.24, 2.45) is 0 Å². The molecule has 0 bridgehead atoms. The first-order chi connectivity index (χ1) is 14.0. The Morgan fingerprint density at radius 3 is 2.66 bits per heavy atom. The Morgan fingerprint density at radius 1 is 1.17 bits per heavy atom. The van der Waals surface area contributed by atoms with Gasteiger partial charge in [0.25, 0.3) is 5.91 Å². The van der Waals surface area contributed by atoms with Crippen LogP contribution in [-0.4, -0.2) is 47.2 Å². The number of benzene rings is 2. The van der Waals surface area contributed by atoms with Gasteiger partial charge in [-0.2, -0.15) is 0 Å². The smallest absolute Gasteiger partial charge is 0.328 e. The normalized spacial score (nSPS) is 18.3. The van der Waals surface area contributed by atoms with Crippen molar-refractivity contribution in [1.29, 1.82) is 0 Å². The molecule has 6 nitrogen and oxygen atoms in total. The van der Waals surface area contributed by atoms with E-state index in [9.17, 15) is 9.59 Å². The van der Waals surface area contributed by atoms with Crippen molar-refractivity contribution in [1.82, 2.24) is 10.2 Å². The number of aliphatic carboxylic acids is 1. The van der Waals surface area contributed by atoms with Crippen LogP contribution in [0.5, 0.6) is 5.75 Å². The van der Waals surface area contributed by atoms with Gasteiger partial charge in [-0.15, -0.1) is 0 Å². The minimum Gasteiger partial charge on any atom is -0.478 e. The maximum atomic E-state index is 12.7. The van der Waals surface area contributed by atoms with Crippen LogP contribution >= 0.6 is 0 Å². The minimum atomic E-state index is -1.03. The molecule has 1 fully saturated rings. The molecule has 0 radical (unpaired) electrons. The third kappa shape index (κ3) is 4.49. The van der Waals surface area contributed by atoms with Gasteiger partial charge in [0, 0.05) is 38.6 Å². The standard InChI is InChI=1S/C23H24N2O4/c26-21(27)9-7-18-6-8-20-19(16-18)22(28)24-23(29-20)11-14-25(15-12-23)13-10-17-4-2-1-3-5-17/h1-9,16H,10-15H2,(H,24,28)(H,26,27)/b9-7+. The molecule has 0 aromatic heterocycles.